The van der Waals surface area contributed by atoms with Crippen LogP contribution in [0.2, 0.25) is 0 Å². The molecule has 0 bridgehead atoms. The predicted octanol–water partition coefficient (Wildman–Crippen LogP) is 11.0. The molecule has 0 radical (unpaired) electrons. The fourth-order valence-corrected chi connectivity index (χ4v) is 7.32. The average Bonchev–Trinajstić information content (AvgIpc) is 3.52. The maximum atomic E-state index is 5.41. The summed E-state index contributed by atoms with van der Waals surface area (Å²) in [5.41, 5.74) is 9.77. The molecule has 0 aliphatic heterocycles. The number of fused-ring (bicyclic) bond motifs is 5. The van der Waals surface area contributed by atoms with Gasteiger partial charge in [0, 0.05) is 18.1 Å². The Hall–Kier alpha value is -6.06. The number of hydrogen-bond donors (Lipinski definition) is 0. The average molecular weight is 841 g/mol. The molecule has 6 aromatic carbocycles. The number of benzene rings is 6. The van der Waals surface area contributed by atoms with Gasteiger partial charge in [-0.25, -0.2) is 0 Å². The van der Waals surface area contributed by atoms with Crippen LogP contribution >= 0.6 is 0 Å². The first-order chi connectivity index (χ1) is 25.3. The van der Waals surface area contributed by atoms with Gasteiger partial charge in [-0.05, 0) is 56.7 Å². The summed E-state index contributed by atoms with van der Waals surface area (Å²) >= 11 is 0. The number of hydrogen-bond acceptors (Lipinski definition) is 3. The van der Waals surface area contributed by atoms with E-state index in [1.807, 2.05) is 79.1 Å². The smallest absolute Gasteiger partial charge is 0.304 e. The Morgan fingerprint density at radius 1 is 0.481 bits per heavy atom. The summed E-state index contributed by atoms with van der Waals surface area (Å²) in [6, 6.07) is 68.1. The summed E-state index contributed by atoms with van der Waals surface area (Å²) in [6.07, 6.45) is 3.78. The summed E-state index contributed by atoms with van der Waals surface area (Å²) < 4.78 is 0. The van der Waals surface area contributed by atoms with E-state index in [1.54, 1.807) is 0 Å². The van der Waals surface area contributed by atoms with E-state index in [-0.39, 0.29) is 20.1 Å². The molecule has 0 fully saturated rings. The SMILES string of the molecule is [Ir+3].[c-]1ccccc1-c1cc2ccccc2cn1.[c-]1ccccc1-c1nc([C@]2(c3ccccn3)c3[c-]cccc3-c3ccccc32)cc2ccccc12. The third-order valence-electron chi connectivity index (χ3n) is 9.61. The van der Waals surface area contributed by atoms with Crippen molar-refractivity contribution in [3.63, 3.8) is 0 Å². The number of aromatic nitrogens is 3. The van der Waals surface area contributed by atoms with Gasteiger partial charge in [0.15, 0.2) is 0 Å². The zero-order valence-corrected chi connectivity index (χ0v) is 30.4. The van der Waals surface area contributed by atoms with Gasteiger partial charge in [0.05, 0.1) is 11.1 Å². The third-order valence-corrected chi connectivity index (χ3v) is 9.61. The van der Waals surface area contributed by atoms with Crippen LogP contribution in [-0.4, -0.2) is 15.0 Å². The van der Waals surface area contributed by atoms with E-state index in [1.165, 1.54) is 27.5 Å². The zero-order chi connectivity index (χ0) is 34.0. The molecule has 1 aliphatic carbocycles. The van der Waals surface area contributed by atoms with Gasteiger partial charge in [-0.2, -0.15) is 24.3 Å². The molecule has 1 aliphatic rings. The van der Waals surface area contributed by atoms with E-state index in [4.69, 9.17) is 9.97 Å². The molecule has 0 saturated heterocycles. The second-order valence-electron chi connectivity index (χ2n) is 12.5. The van der Waals surface area contributed by atoms with Gasteiger partial charge in [-0.1, -0.05) is 90.5 Å². The van der Waals surface area contributed by atoms with Crippen molar-refractivity contribution in [1.29, 1.82) is 0 Å². The van der Waals surface area contributed by atoms with Gasteiger partial charge in [0.2, 0.25) is 0 Å². The first-order valence-corrected chi connectivity index (χ1v) is 17.0. The maximum Gasteiger partial charge on any atom is 3.00 e. The molecular formula is C48H30IrN3. The predicted molar refractivity (Wildman–Crippen MR) is 206 cm³/mol. The number of pyridine rings is 3. The van der Waals surface area contributed by atoms with Gasteiger partial charge in [0.25, 0.3) is 0 Å². The minimum atomic E-state index is -0.679. The van der Waals surface area contributed by atoms with E-state index in [0.29, 0.717) is 0 Å². The monoisotopic (exact) mass is 841 g/mol. The van der Waals surface area contributed by atoms with E-state index >= 15 is 0 Å². The van der Waals surface area contributed by atoms with Crippen LogP contribution in [0.1, 0.15) is 22.5 Å². The van der Waals surface area contributed by atoms with Crippen molar-refractivity contribution in [3.8, 4) is 33.6 Å². The molecule has 3 nitrogen and oxygen atoms in total. The van der Waals surface area contributed by atoms with Crippen LogP contribution in [-0.2, 0) is 25.5 Å². The second kappa shape index (κ2) is 14.3. The van der Waals surface area contributed by atoms with Crippen molar-refractivity contribution in [2.75, 3.05) is 0 Å². The standard InChI is InChI=1S/C33H20N2.C15H10N.Ir/c1-2-12-23(13-3-1)32-25-15-5-4-14-24(25)22-31(35-32)33(30-20-10-11-21-34-30)28-18-8-6-16-26(28)27-17-7-9-19-29(27)33;1-2-6-12(7-3-1)15-10-13-8-4-5-9-14(13)11-16-15;/h1-12,14-18,20-22H;1-6,8-11H;/q-2;-1;+3/t33-;;/m0../s1. The van der Waals surface area contributed by atoms with Crippen LogP contribution in [0.25, 0.3) is 55.2 Å². The molecule has 0 unspecified atom stereocenters. The fraction of sp³-hybridized carbons (Fsp3) is 0.0208. The van der Waals surface area contributed by atoms with Crippen LogP contribution < -0.4 is 0 Å². The maximum absolute atomic E-state index is 5.41. The van der Waals surface area contributed by atoms with Gasteiger partial charge in [-0.15, -0.1) is 82.9 Å². The second-order valence-corrected chi connectivity index (χ2v) is 12.5. The Kier molecular flexibility index (Phi) is 9.09. The summed E-state index contributed by atoms with van der Waals surface area (Å²) in [4.78, 5) is 14.8. The summed E-state index contributed by atoms with van der Waals surface area (Å²) in [5, 5.41) is 4.63. The van der Waals surface area contributed by atoms with Gasteiger partial charge in [-0.3, -0.25) is 9.97 Å². The molecular weight excluding hydrogens is 811 g/mol. The first kappa shape index (κ1) is 33.1. The van der Waals surface area contributed by atoms with Gasteiger partial charge < -0.3 is 4.98 Å². The van der Waals surface area contributed by atoms with Gasteiger partial charge >= 0.3 is 20.1 Å². The molecule has 0 spiro atoms. The Morgan fingerprint density at radius 3 is 1.94 bits per heavy atom. The summed E-state index contributed by atoms with van der Waals surface area (Å²) in [5.74, 6) is 0. The molecule has 3 heterocycles. The zero-order valence-electron chi connectivity index (χ0n) is 28.0. The Morgan fingerprint density at radius 2 is 1.15 bits per heavy atom. The quantitative estimate of drug-likeness (QED) is 0.166. The molecule has 246 valence electrons. The minimum Gasteiger partial charge on any atom is -0.304 e. The van der Waals surface area contributed by atoms with Crippen molar-refractivity contribution in [1.82, 2.24) is 15.0 Å². The summed E-state index contributed by atoms with van der Waals surface area (Å²) in [7, 11) is 0. The molecule has 0 amide bonds. The van der Waals surface area contributed by atoms with Crippen molar-refractivity contribution >= 4 is 21.5 Å². The van der Waals surface area contributed by atoms with E-state index in [0.717, 1.165) is 50.2 Å². The largest absolute Gasteiger partial charge is 3.00 e. The Balaban J connectivity index is 0.000000191. The number of rotatable bonds is 4. The van der Waals surface area contributed by atoms with E-state index in [2.05, 4.69) is 126 Å². The van der Waals surface area contributed by atoms with Crippen LogP contribution in [0.4, 0.5) is 0 Å². The third kappa shape index (κ3) is 5.73. The molecule has 3 aromatic heterocycles. The molecule has 0 N–H and O–H groups in total. The van der Waals surface area contributed by atoms with Crippen LogP contribution in [0.3, 0.4) is 0 Å². The van der Waals surface area contributed by atoms with Crippen molar-refractivity contribution < 1.29 is 20.1 Å². The van der Waals surface area contributed by atoms with E-state index < -0.39 is 5.41 Å². The summed E-state index contributed by atoms with van der Waals surface area (Å²) in [6.45, 7) is 0. The fourth-order valence-electron chi connectivity index (χ4n) is 7.32. The normalized spacial score (nSPS) is 14.1. The number of nitrogens with zero attached hydrogens (tertiary/aromatic N) is 3. The Bertz CT molecular complexity index is 2600. The van der Waals surface area contributed by atoms with E-state index in [9.17, 15) is 0 Å². The van der Waals surface area contributed by atoms with Crippen LogP contribution in [0.15, 0.2) is 182 Å². The minimum absolute atomic E-state index is 0. The van der Waals surface area contributed by atoms with Crippen LogP contribution in [0.5, 0.6) is 0 Å². The van der Waals surface area contributed by atoms with Crippen molar-refractivity contribution in [3.05, 3.63) is 223 Å². The molecule has 10 rings (SSSR count). The van der Waals surface area contributed by atoms with Crippen molar-refractivity contribution in [2.24, 2.45) is 0 Å². The molecule has 0 saturated carbocycles. The Labute approximate surface area is 317 Å². The molecule has 52 heavy (non-hydrogen) atoms. The van der Waals surface area contributed by atoms with Crippen LogP contribution in [0, 0.1) is 18.2 Å². The first-order valence-electron chi connectivity index (χ1n) is 17.0. The van der Waals surface area contributed by atoms with Crippen molar-refractivity contribution in [2.45, 2.75) is 5.41 Å². The molecule has 9 aromatic rings. The molecule has 1 atom stereocenters. The topological polar surface area (TPSA) is 38.7 Å². The van der Waals surface area contributed by atoms with Gasteiger partial charge in [0.1, 0.15) is 0 Å². The molecule has 4 heteroatoms.